The minimum Gasteiger partial charge on any atom is -0.481 e. The molecular formula is C13H14BrClO2. The van der Waals surface area contributed by atoms with E-state index in [1.165, 1.54) is 0 Å². The molecule has 0 spiro atoms. The molecule has 92 valence electrons. The van der Waals surface area contributed by atoms with Gasteiger partial charge in [0.15, 0.2) is 0 Å². The summed E-state index contributed by atoms with van der Waals surface area (Å²) in [6.07, 6.45) is 4.35. The van der Waals surface area contributed by atoms with E-state index in [2.05, 4.69) is 15.9 Å². The first-order valence-corrected chi connectivity index (χ1v) is 6.93. The molecule has 1 N–H and O–H groups in total. The molecule has 2 nitrogen and oxygen atoms in total. The lowest BCUT2D eigenvalue weighted by molar-refractivity contribution is -0.145. The third-order valence-corrected chi connectivity index (χ3v) is 4.53. The second kappa shape index (κ2) is 4.99. The molecule has 0 unspecified atom stereocenters. The van der Waals surface area contributed by atoms with Gasteiger partial charge < -0.3 is 5.11 Å². The second-order valence-electron chi connectivity index (χ2n) is 4.54. The zero-order chi connectivity index (χ0) is 12.5. The minimum absolute atomic E-state index is 0.545. The van der Waals surface area contributed by atoms with Crippen LogP contribution in [-0.2, 0) is 10.2 Å². The summed E-state index contributed by atoms with van der Waals surface area (Å²) in [6, 6.07) is 5.45. The third kappa shape index (κ3) is 2.23. The van der Waals surface area contributed by atoms with Crippen LogP contribution in [0.1, 0.15) is 37.7 Å². The van der Waals surface area contributed by atoms with Crippen molar-refractivity contribution >= 4 is 33.5 Å². The van der Waals surface area contributed by atoms with Crippen LogP contribution in [0.25, 0.3) is 0 Å². The van der Waals surface area contributed by atoms with Crippen LogP contribution in [0.2, 0.25) is 5.02 Å². The lowest BCUT2D eigenvalue weighted by Gasteiger charge is -2.35. The van der Waals surface area contributed by atoms with Crippen LogP contribution in [0.4, 0.5) is 0 Å². The van der Waals surface area contributed by atoms with Crippen LogP contribution >= 0.6 is 27.5 Å². The highest BCUT2D eigenvalue weighted by molar-refractivity contribution is 9.10. The molecule has 0 heterocycles. The first-order valence-electron chi connectivity index (χ1n) is 5.76. The summed E-state index contributed by atoms with van der Waals surface area (Å²) in [4.78, 5) is 11.7. The van der Waals surface area contributed by atoms with E-state index >= 15 is 0 Å². The molecule has 0 amide bonds. The first kappa shape index (κ1) is 12.9. The molecule has 1 fully saturated rings. The molecule has 1 aliphatic carbocycles. The van der Waals surface area contributed by atoms with Gasteiger partial charge in [-0.05, 0) is 25.0 Å². The Bertz CT molecular complexity index is 419. The summed E-state index contributed by atoms with van der Waals surface area (Å²) in [5.41, 5.74) is -0.0658. The molecule has 1 saturated carbocycles. The van der Waals surface area contributed by atoms with Gasteiger partial charge in [0.05, 0.1) is 5.41 Å². The summed E-state index contributed by atoms with van der Waals surface area (Å²) in [7, 11) is 0. The number of carboxylic acids is 1. The molecular weight excluding hydrogens is 303 g/mol. The highest BCUT2D eigenvalue weighted by atomic mass is 79.9. The van der Waals surface area contributed by atoms with Crippen LogP contribution in [0.3, 0.4) is 0 Å². The van der Waals surface area contributed by atoms with Crippen LogP contribution in [-0.4, -0.2) is 11.1 Å². The van der Waals surface area contributed by atoms with Crippen LogP contribution in [0, 0.1) is 0 Å². The first-order chi connectivity index (χ1) is 8.08. The summed E-state index contributed by atoms with van der Waals surface area (Å²) in [5, 5.41) is 10.2. The number of halogens is 2. The van der Waals surface area contributed by atoms with E-state index in [9.17, 15) is 9.90 Å². The fourth-order valence-electron chi connectivity index (χ4n) is 2.68. The fourth-order valence-corrected chi connectivity index (χ4v) is 3.90. The van der Waals surface area contributed by atoms with Gasteiger partial charge in [-0.1, -0.05) is 52.9 Å². The van der Waals surface area contributed by atoms with Gasteiger partial charge in [-0.3, -0.25) is 4.79 Å². The summed E-state index contributed by atoms with van der Waals surface area (Å²) < 4.78 is 0.800. The van der Waals surface area contributed by atoms with Gasteiger partial charge >= 0.3 is 5.97 Å². The van der Waals surface area contributed by atoms with Crippen molar-refractivity contribution in [1.82, 2.24) is 0 Å². The summed E-state index contributed by atoms with van der Waals surface area (Å²) in [6.45, 7) is 0. The molecule has 0 radical (unpaired) electrons. The van der Waals surface area contributed by atoms with Crippen LogP contribution < -0.4 is 0 Å². The molecule has 0 aromatic heterocycles. The number of hydrogen-bond donors (Lipinski definition) is 1. The van der Waals surface area contributed by atoms with E-state index in [1.54, 1.807) is 6.07 Å². The fraction of sp³-hybridized carbons (Fsp3) is 0.462. The monoisotopic (exact) mass is 316 g/mol. The Kier molecular flexibility index (Phi) is 3.79. The Morgan fingerprint density at radius 1 is 1.29 bits per heavy atom. The predicted octanol–water partition coefficient (Wildman–Crippen LogP) is 4.39. The molecule has 2 rings (SSSR count). The zero-order valence-electron chi connectivity index (χ0n) is 9.38. The molecule has 17 heavy (non-hydrogen) atoms. The van der Waals surface area contributed by atoms with E-state index in [0.29, 0.717) is 17.9 Å². The number of hydrogen-bond acceptors (Lipinski definition) is 1. The highest BCUT2D eigenvalue weighted by Gasteiger charge is 2.43. The highest BCUT2D eigenvalue weighted by Crippen LogP contribution is 2.45. The molecule has 1 aliphatic rings. The van der Waals surface area contributed by atoms with Gasteiger partial charge in [0, 0.05) is 15.1 Å². The zero-order valence-corrected chi connectivity index (χ0v) is 11.7. The minimum atomic E-state index is -0.810. The molecule has 0 bridgehead atoms. The van der Waals surface area contributed by atoms with Crippen molar-refractivity contribution in [2.24, 2.45) is 0 Å². The standard InChI is InChI=1S/C13H14BrClO2/c14-9-5-4-6-10(15)11(9)13(12(16)17)7-2-1-3-8-13/h4-6H,1-3,7-8H2,(H,16,17). The Labute approximate surface area is 114 Å². The van der Waals surface area contributed by atoms with Crippen LogP contribution in [0.5, 0.6) is 0 Å². The Morgan fingerprint density at radius 2 is 1.94 bits per heavy atom. The number of aliphatic carboxylic acids is 1. The van der Waals surface area contributed by atoms with Crippen molar-refractivity contribution < 1.29 is 9.90 Å². The topological polar surface area (TPSA) is 37.3 Å². The average Bonchev–Trinajstić information content (AvgIpc) is 2.29. The summed E-state index contributed by atoms with van der Waals surface area (Å²) >= 11 is 9.64. The maximum atomic E-state index is 11.7. The van der Waals surface area contributed by atoms with Crippen molar-refractivity contribution in [3.63, 3.8) is 0 Å². The maximum absolute atomic E-state index is 11.7. The van der Waals surface area contributed by atoms with Crippen molar-refractivity contribution in [1.29, 1.82) is 0 Å². The van der Waals surface area contributed by atoms with Gasteiger partial charge in [0.1, 0.15) is 0 Å². The Balaban J connectivity index is 2.56. The lowest BCUT2D eigenvalue weighted by Crippen LogP contribution is -2.38. The lowest BCUT2D eigenvalue weighted by atomic mass is 9.69. The van der Waals surface area contributed by atoms with E-state index in [4.69, 9.17) is 11.6 Å². The Morgan fingerprint density at radius 3 is 2.47 bits per heavy atom. The molecule has 1 aromatic carbocycles. The van der Waals surface area contributed by atoms with Gasteiger partial charge in [0.25, 0.3) is 0 Å². The second-order valence-corrected chi connectivity index (χ2v) is 5.81. The van der Waals surface area contributed by atoms with Crippen LogP contribution in [0.15, 0.2) is 22.7 Å². The average molecular weight is 318 g/mol. The Hall–Kier alpha value is -0.540. The predicted molar refractivity (Wildman–Crippen MR) is 71.6 cm³/mol. The van der Waals surface area contributed by atoms with E-state index in [1.807, 2.05) is 12.1 Å². The maximum Gasteiger partial charge on any atom is 0.314 e. The van der Waals surface area contributed by atoms with E-state index in [0.717, 1.165) is 29.3 Å². The molecule has 4 heteroatoms. The van der Waals surface area contributed by atoms with Gasteiger partial charge in [-0.15, -0.1) is 0 Å². The SMILES string of the molecule is O=C(O)C1(c2c(Cl)cccc2Br)CCCCC1. The molecule has 0 aliphatic heterocycles. The number of carboxylic acid groups (broad SMARTS) is 1. The van der Waals surface area contributed by atoms with Crippen molar-refractivity contribution in [3.05, 3.63) is 33.3 Å². The molecule has 0 saturated heterocycles. The normalized spacial score (nSPS) is 18.9. The van der Waals surface area contributed by atoms with E-state index in [-0.39, 0.29) is 0 Å². The van der Waals surface area contributed by atoms with Crippen molar-refractivity contribution in [2.75, 3.05) is 0 Å². The van der Waals surface area contributed by atoms with E-state index < -0.39 is 11.4 Å². The van der Waals surface area contributed by atoms with Gasteiger partial charge in [-0.25, -0.2) is 0 Å². The number of rotatable bonds is 2. The van der Waals surface area contributed by atoms with Gasteiger partial charge in [-0.2, -0.15) is 0 Å². The van der Waals surface area contributed by atoms with Crippen molar-refractivity contribution in [2.45, 2.75) is 37.5 Å². The third-order valence-electron chi connectivity index (χ3n) is 3.56. The summed E-state index contributed by atoms with van der Waals surface area (Å²) in [5.74, 6) is -0.758. The largest absolute Gasteiger partial charge is 0.481 e. The molecule has 1 aromatic rings. The van der Waals surface area contributed by atoms with Crippen molar-refractivity contribution in [3.8, 4) is 0 Å². The number of carbonyl (C=O) groups is 1. The van der Waals surface area contributed by atoms with Gasteiger partial charge in [0.2, 0.25) is 0 Å². The number of benzene rings is 1. The quantitative estimate of drug-likeness (QED) is 0.878. The molecule has 0 atom stereocenters. The smallest absolute Gasteiger partial charge is 0.314 e.